The zero-order valence-electron chi connectivity index (χ0n) is 14.8. The molecule has 0 spiro atoms. The van der Waals surface area contributed by atoms with Gasteiger partial charge in [-0.05, 0) is 54.6 Å². The number of carbonyl (C=O) groups excluding carboxylic acids is 2. The van der Waals surface area contributed by atoms with Crippen LogP contribution in [0.2, 0.25) is 10.0 Å². The van der Waals surface area contributed by atoms with Gasteiger partial charge in [0.25, 0.3) is 5.91 Å². The number of anilines is 1. The summed E-state index contributed by atoms with van der Waals surface area (Å²) < 4.78 is 6.33. The van der Waals surface area contributed by atoms with Crippen LogP contribution in [-0.2, 0) is 0 Å². The van der Waals surface area contributed by atoms with Crippen LogP contribution in [0, 0.1) is 0 Å². The largest absolute Gasteiger partial charge is 0.422 e. The maximum atomic E-state index is 12.5. The molecule has 4 nitrogen and oxygen atoms in total. The minimum Gasteiger partial charge on any atom is -0.422 e. The van der Waals surface area contributed by atoms with E-state index >= 15 is 0 Å². The molecule has 0 aliphatic rings. The summed E-state index contributed by atoms with van der Waals surface area (Å²) in [6.45, 7) is 0. The summed E-state index contributed by atoms with van der Waals surface area (Å²) in [6.07, 6.45) is 0. The molecule has 0 aliphatic heterocycles. The topological polar surface area (TPSA) is 55.4 Å². The fraction of sp³-hybridized carbons (Fsp3) is 0. The number of esters is 1. The molecule has 0 radical (unpaired) electrons. The molecule has 3 aromatic carbocycles. The molecule has 0 saturated carbocycles. The van der Waals surface area contributed by atoms with Gasteiger partial charge in [0, 0.05) is 26.4 Å². The summed E-state index contributed by atoms with van der Waals surface area (Å²) in [4.78, 5) is 25.2. The molecule has 1 aromatic heterocycles. The minimum atomic E-state index is -0.533. The van der Waals surface area contributed by atoms with E-state index in [1.54, 1.807) is 48.5 Å². The van der Waals surface area contributed by atoms with Gasteiger partial charge < -0.3 is 10.1 Å². The average molecular weight is 442 g/mol. The van der Waals surface area contributed by atoms with Crippen molar-refractivity contribution in [3.8, 4) is 5.75 Å². The van der Waals surface area contributed by atoms with E-state index in [9.17, 15) is 9.59 Å². The number of halogens is 2. The Balaban J connectivity index is 1.46. The van der Waals surface area contributed by atoms with Crippen LogP contribution in [0.25, 0.3) is 10.1 Å². The van der Waals surface area contributed by atoms with Crippen molar-refractivity contribution in [2.24, 2.45) is 0 Å². The molecule has 1 amide bonds. The number of hydrogen-bond donors (Lipinski definition) is 1. The van der Waals surface area contributed by atoms with Gasteiger partial charge in [-0.25, -0.2) is 4.79 Å². The third kappa shape index (κ3) is 4.27. The van der Waals surface area contributed by atoms with Crippen molar-refractivity contribution in [3.05, 3.63) is 93.3 Å². The average Bonchev–Trinajstić information content (AvgIpc) is 3.07. The van der Waals surface area contributed by atoms with Crippen molar-refractivity contribution in [2.75, 3.05) is 5.32 Å². The molecular formula is C22H13Cl2NO3S. The van der Waals surface area contributed by atoms with E-state index in [1.807, 2.05) is 24.3 Å². The number of fused-ring (bicyclic) bond motifs is 1. The molecule has 1 N–H and O–H groups in total. The second kappa shape index (κ2) is 8.25. The molecule has 4 aromatic rings. The highest BCUT2D eigenvalue weighted by atomic mass is 35.5. The van der Waals surface area contributed by atoms with E-state index in [1.165, 1.54) is 11.3 Å². The predicted octanol–water partition coefficient (Wildman–Crippen LogP) is 6.68. The van der Waals surface area contributed by atoms with Crippen molar-refractivity contribution >= 4 is 62.2 Å². The summed E-state index contributed by atoms with van der Waals surface area (Å²) in [7, 11) is 0. The van der Waals surface area contributed by atoms with E-state index < -0.39 is 5.97 Å². The molecule has 0 unspecified atom stereocenters. The van der Waals surface area contributed by atoms with Gasteiger partial charge in [0.05, 0.1) is 5.02 Å². The first-order chi connectivity index (χ1) is 14.0. The van der Waals surface area contributed by atoms with Crippen LogP contribution in [0.5, 0.6) is 5.75 Å². The van der Waals surface area contributed by atoms with E-state index in [4.69, 9.17) is 27.9 Å². The number of ether oxygens (including phenoxy) is 1. The summed E-state index contributed by atoms with van der Waals surface area (Å²) in [5.41, 5.74) is 1.06. The van der Waals surface area contributed by atoms with E-state index in [-0.39, 0.29) is 5.91 Å². The zero-order valence-corrected chi connectivity index (χ0v) is 17.1. The normalized spacial score (nSPS) is 10.7. The number of rotatable bonds is 4. The van der Waals surface area contributed by atoms with Crippen molar-refractivity contribution in [1.29, 1.82) is 0 Å². The van der Waals surface area contributed by atoms with Crippen molar-refractivity contribution in [1.82, 2.24) is 0 Å². The van der Waals surface area contributed by atoms with Crippen LogP contribution in [0.1, 0.15) is 20.0 Å². The van der Waals surface area contributed by atoms with Crippen molar-refractivity contribution in [3.63, 3.8) is 0 Å². The maximum absolute atomic E-state index is 12.5. The van der Waals surface area contributed by atoms with Gasteiger partial charge >= 0.3 is 5.97 Å². The third-order valence-electron chi connectivity index (χ3n) is 4.15. The lowest BCUT2D eigenvalue weighted by atomic mass is 10.2. The molecule has 0 saturated heterocycles. The third-order valence-corrected chi connectivity index (χ3v) is 6.06. The van der Waals surface area contributed by atoms with Gasteiger partial charge in [-0.2, -0.15) is 0 Å². The van der Waals surface area contributed by atoms with Gasteiger partial charge in [-0.15, -0.1) is 11.3 Å². The van der Waals surface area contributed by atoms with Gasteiger partial charge in [-0.1, -0.05) is 41.4 Å². The maximum Gasteiger partial charge on any atom is 0.355 e. The smallest absolute Gasteiger partial charge is 0.355 e. The van der Waals surface area contributed by atoms with Crippen LogP contribution in [0.3, 0.4) is 0 Å². The fourth-order valence-corrected chi connectivity index (χ4v) is 4.22. The highest BCUT2D eigenvalue weighted by Crippen LogP contribution is 2.35. The molecule has 0 aliphatic carbocycles. The lowest BCUT2D eigenvalue weighted by Gasteiger charge is -2.07. The second-order valence-corrected chi connectivity index (χ2v) is 7.98. The molecule has 144 valence electrons. The number of nitrogens with one attached hydrogen (secondary N) is 1. The first-order valence-electron chi connectivity index (χ1n) is 8.57. The SMILES string of the molecule is O=C(Nc1ccc(Cl)cc1)c1ccc(OC(=O)c2sc3ccccc3c2Cl)cc1. The Hall–Kier alpha value is -2.86. The molecule has 0 bridgehead atoms. The molecule has 1 heterocycles. The van der Waals surface area contributed by atoms with E-state index in [0.717, 1.165) is 10.1 Å². The van der Waals surface area contributed by atoms with Crippen LogP contribution in [0.15, 0.2) is 72.8 Å². The summed E-state index contributed by atoms with van der Waals surface area (Å²) in [5.74, 6) is -0.487. The van der Waals surface area contributed by atoms with Crippen LogP contribution >= 0.6 is 34.5 Å². The predicted molar refractivity (Wildman–Crippen MR) is 118 cm³/mol. The van der Waals surface area contributed by atoms with E-state index in [2.05, 4.69) is 5.32 Å². The van der Waals surface area contributed by atoms with Crippen LogP contribution in [-0.4, -0.2) is 11.9 Å². The van der Waals surface area contributed by atoms with Crippen LogP contribution < -0.4 is 10.1 Å². The Labute approximate surface area is 180 Å². The zero-order chi connectivity index (χ0) is 20.4. The standard InChI is InChI=1S/C22H13Cl2NO3S/c23-14-7-9-15(10-8-14)25-21(26)13-5-11-16(12-6-13)28-22(27)20-19(24)17-3-1-2-4-18(17)29-20/h1-12H,(H,25,26). The van der Waals surface area contributed by atoms with Gasteiger partial charge in [0.2, 0.25) is 0 Å². The first kappa shape index (κ1) is 19.5. The highest BCUT2D eigenvalue weighted by molar-refractivity contribution is 7.21. The Morgan fingerprint density at radius 2 is 1.55 bits per heavy atom. The molecular weight excluding hydrogens is 429 g/mol. The summed E-state index contributed by atoms with van der Waals surface area (Å²) in [5, 5.41) is 4.57. The summed E-state index contributed by atoms with van der Waals surface area (Å²) >= 11 is 13.4. The Morgan fingerprint density at radius 1 is 0.862 bits per heavy atom. The monoisotopic (exact) mass is 441 g/mol. The van der Waals surface area contributed by atoms with Crippen LogP contribution in [0.4, 0.5) is 5.69 Å². The molecule has 0 fully saturated rings. The minimum absolute atomic E-state index is 0.280. The molecule has 29 heavy (non-hydrogen) atoms. The van der Waals surface area contributed by atoms with E-state index in [0.29, 0.717) is 31.9 Å². The number of benzene rings is 3. The number of hydrogen-bond acceptors (Lipinski definition) is 4. The quantitative estimate of drug-likeness (QED) is 0.283. The number of carbonyl (C=O) groups is 2. The fourth-order valence-electron chi connectivity index (χ4n) is 2.71. The van der Waals surface area contributed by atoms with Crippen molar-refractivity contribution in [2.45, 2.75) is 0 Å². The number of amides is 1. The van der Waals surface area contributed by atoms with Crippen molar-refractivity contribution < 1.29 is 14.3 Å². The molecule has 7 heteroatoms. The van der Waals surface area contributed by atoms with Gasteiger partial charge in [0.1, 0.15) is 10.6 Å². The summed E-state index contributed by atoms with van der Waals surface area (Å²) in [6, 6.07) is 20.6. The Morgan fingerprint density at radius 3 is 2.24 bits per heavy atom. The lowest BCUT2D eigenvalue weighted by Crippen LogP contribution is -2.12. The Kier molecular flexibility index (Phi) is 5.53. The first-order valence-corrected chi connectivity index (χ1v) is 10.1. The molecule has 4 rings (SSSR count). The number of thiophene rings is 1. The Bertz CT molecular complexity index is 1200. The van der Waals surface area contributed by atoms with Gasteiger partial charge in [0.15, 0.2) is 0 Å². The lowest BCUT2D eigenvalue weighted by molar-refractivity contribution is 0.0740. The van der Waals surface area contributed by atoms with Gasteiger partial charge in [-0.3, -0.25) is 4.79 Å². The highest BCUT2D eigenvalue weighted by Gasteiger charge is 2.19. The molecule has 0 atom stereocenters. The second-order valence-electron chi connectivity index (χ2n) is 6.12.